The summed E-state index contributed by atoms with van der Waals surface area (Å²) in [4.78, 5) is 16.0. The smallest absolute Gasteiger partial charge is 0.363 e. The number of nitrogens with zero attached hydrogens (tertiary/aromatic N) is 1. The Morgan fingerprint density at radius 1 is 1.10 bits per heavy atom. The number of hydrogen-bond donors (Lipinski definition) is 0. The normalized spacial score (nSPS) is 10.4. The van der Waals surface area contributed by atoms with E-state index in [2.05, 4.69) is 4.98 Å². The fourth-order valence-electron chi connectivity index (χ4n) is 1.69. The molecule has 0 spiro atoms. The van der Waals surface area contributed by atoms with Crippen LogP contribution in [0.3, 0.4) is 0 Å². The Morgan fingerprint density at radius 2 is 1.70 bits per heavy atom. The van der Waals surface area contributed by atoms with Gasteiger partial charge in [0, 0.05) is 6.20 Å². The lowest BCUT2D eigenvalue weighted by molar-refractivity contribution is 0.0726. The van der Waals surface area contributed by atoms with E-state index in [0.29, 0.717) is 5.75 Å². The van der Waals surface area contributed by atoms with Crippen LogP contribution >= 0.6 is 34.8 Å². The van der Waals surface area contributed by atoms with Crippen LogP contribution in [0.1, 0.15) is 21.6 Å². The third-order valence-corrected chi connectivity index (χ3v) is 3.95. The fraction of sp³-hybridized carbons (Fsp3) is 0.143. The van der Waals surface area contributed by atoms with Gasteiger partial charge in [-0.1, -0.05) is 53.0 Å². The van der Waals surface area contributed by atoms with Crippen molar-refractivity contribution in [2.45, 2.75) is 13.8 Å². The molecule has 0 aliphatic heterocycles. The molecule has 1 aromatic heterocycles. The number of rotatable bonds is 2. The zero-order chi connectivity index (χ0) is 14.9. The van der Waals surface area contributed by atoms with Crippen molar-refractivity contribution in [1.29, 1.82) is 0 Å². The van der Waals surface area contributed by atoms with Crippen LogP contribution in [-0.4, -0.2) is 11.0 Å². The third-order valence-electron chi connectivity index (χ3n) is 2.71. The predicted octanol–water partition coefficient (Wildman–Crippen LogP) is 4.88. The van der Waals surface area contributed by atoms with Gasteiger partial charge in [0.15, 0.2) is 5.69 Å². The highest BCUT2D eigenvalue weighted by molar-refractivity contribution is 6.48. The first-order chi connectivity index (χ1) is 9.41. The van der Waals surface area contributed by atoms with Crippen LogP contribution in [0.15, 0.2) is 24.4 Å². The maximum atomic E-state index is 12.1. The standard InChI is InChI=1S/C14H10Cl3NO2/c1-7-4-3-5-8(2)13(7)20-14(19)12-11(17)10(16)9(15)6-18-12/h3-6H,1-2H3. The number of ether oxygens (including phenoxy) is 1. The molecule has 0 atom stereocenters. The molecule has 0 N–H and O–H groups in total. The van der Waals surface area contributed by atoms with E-state index in [9.17, 15) is 4.79 Å². The molecule has 0 unspecified atom stereocenters. The molecule has 0 aliphatic rings. The van der Waals surface area contributed by atoms with Crippen molar-refractivity contribution in [1.82, 2.24) is 4.98 Å². The maximum Gasteiger partial charge on any atom is 0.363 e. The summed E-state index contributed by atoms with van der Waals surface area (Å²) in [5.41, 5.74) is 1.62. The van der Waals surface area contributed by atoms with Gasteiger partial charge >= 0.3 is 5.97 Å². The monoisotopic (exact) mass is 329 g/mol. The molecule has 6 heteroatoms. The Hall–Kier alpha value is -1.29. The van der Waals surface area contributed by atoms with E-state index < -0.39 is 5.97 Å². The van der Waals surface area contributed by atoms with E-state index in [0.717, 1.165) is 11.1 Å². The van der Waals surface area contributed by atoms with Gasteiger partial charge in [-0.15, -0.1) is 0 Å². The van der Waals surface area contributed by atoms with Gasteiger partial charge in [0.2, 0.25) is 0 Å². The third kappa shape index (κ3) is 2.90. The van der Waals surface area contributed by atoms with Crippen LogP contribution in [-0.2, 0) is 0 Å². The van der Waals surface area contributed by atoms with Crippen molar-refractivity contribution in [3.8, 4) is 5.75 Å². The van der Waals surface area contributed by atoms with E-state index in [1.807, 2.05) is 32.0 Å². The zero-order valence-corrected chi connectivity index (χ0v) is 13.0. The topological polar surface area (TPSA) is 39.2 Å². The minimum absolute atomic E-state index is 0.0181. The Bertz CT molecular complexity index is 666. The van der Waals surface area contributed by atoms with Gasteiger partial charge in [0.05, 0.1) is 15.1 Å². The maximum absolute atomic E-state index is 12.1. The molecule has 2 rings (SSSR count). The Balaban J connectivity index is 2.36. The lowest BCUT2D eigenvalue weighted by Gasteiger charge is -2.11. The van der Waals surface area contributed by atoms with Crippen molar-refractivity contribution < 1.29 is 9.53 Å². The first-order valence-corrected chi connectivity index (χ1v) is 6.83. The number of halogens is 3. The molecule has 20 heavy (non-hydrogen) atoms. The molecule has 0 saturated heterocycles. The van der Waals surface area contributed by atoms with Gasteiger partial charge in [-0.05, 0) is 25.0 Å². The molecule has 1 heterocycles. The summed E-state index contributed by atoms with van der Waals surface area (Å²) in [5.74, 6) is -0.188. The average molecular weight is 331 g/mol. The summed E-state index contributed by atoms with van der Waals surface area (Å²) in [5, 5.41) is 0.243. The van der Waals surface area contributed by atoms with Crippen molar-refractivity contribution in [2.24, 2.45) is 0 Å². The number of esters is 1. The number of hydrogen-bond acceptors (Lipinski definition) is 3. The summed E-state index contributed by atoms with van der Waals surface area (Å²) in [6.07, 6.45) is 1.26. The number of pyridine rings is 1. The molecule has 1 aromatic carbocycles. The second kappa shape index (κ2) is 6.00. The van der Waals surface area contributed by atoms with E-state index in [4.69, 9.17) is 39.5 Å². The Kier molecular flexibility index (Phi) is 4.53. The van der Waals surface area contributed by atoms with Crippen molar-refractivity contribution in [2.75, 3.05) is 0 Å². The van der Waals surface area contributed by atoms with Gasteiger partial charge in [-0.25, -0.2) is 9.78 Å². The number of carbonyl (C=O) groups is 1. The van der Waals surface area contributed by atoms with Gasteiger partial charge in [0.25, 0.3) is 0 Å². The van der Waals surface area contributed by atoms with E-state index >= 15 is 0 Å². The minimum atomic E-state index is -0.675. The zero-order valence-electron chi connectivity index (χ0n) is 10.7. The molecule has 0 aliphatic carbocycles. The molecule has 0 saturated carbocycles. The van der Waals surface area contributed by atoms with Crippen LogP contribution in [0.2, 0.25) is 15.1 Å². The first-order valence-electron chi connectivity index (χ1n) is 5.69. The summed E-state index contributed by atoms with van der Waals surface area (Å²) >= 11 is 17.6. The number of carbonyl (C=O) groups excluding carboxylic acids is 1. The second-order valence-corrected chi connectivity index (χ2v) is 5.36. The minimum Gasteiger partial charge on any atom is -0.421 e. The molecule has 0 radical (unpaired) electrons. The molecule has 3 nitrogen and oxygen atoms in total. The number of aromatic nitrogens is 1. The number of aryl methyl sites for hydroxylation is 2. The molecular weight excluding hydrogens is 321 g/mol. The van der Waals surface area contributed by atoms with E-state index in [1.165, 1.54) is 6.20 Å². The summed E-state index contributed by atoms with van der Waals surface area (Å²) in [6, 6.07) is 5.57. The van der Waals surface area contributed by atoms with Gasteiger partial charge in [0.1, 0.15) is 5.75 Å². The first kappa shape index (κ1) is 15.1. The lowest BCUT2D eigenvalue weighted by atomic mass is 10.1. The molecule has 0 bridgehead atoms. The van der Waals surface area contributed by atoms with E-state index in [1.54, 1.807) is 0 Å². The molecular formula is C14H10Cl3NO2. The van der Waals surface area contributed by atoms with Crippen molar-refractivity contribution in [3.05, 3.63) is 56.3 Å². The quantitative estimate of drug-likeness (QED) is 0.582. The second-order valence-electron chi connectivity index (χ2n) is 4.19. The highest BCUT2D eigenvalue weighted by Crippen LogP contribution is 2.32. The average Bonchev–Trinajstić information content (AvgIpc) is 2.40. The lowest BCUT2D eigenvalue weighted by Crippen LogP contribution is -2.13. The summed E-state index contributed by atoms with van der Waals surface area (Å²) in [6.45, 7) is 3.69. The highest BCUT2D eigenvalue weighted by atomic mass is 35.5. The number of para-hydroxylation sites is 1. The SMILES string of the molecule is Cc1cccc(C)c1OC(=O)c1ncc(Cl)c(Cl)c1Cl. The van der Waals surface area contributed by atoms with Crippen LogP contribution in [0.5, 0.6) is 5.75 Å². The molecule has 0 amide bonds. The van der Waals surface area contributed by atoms with Crippen molar-refractivity contribution in [3.63, 3.8) is 0 Å². The Labute approximate surface area is 131 Å². The fourth-order valence-corrected chi connectivity index (χ4v) is 2.24. The van der Waals surface area contributed by atoms with Gasteiger partial charge in [-0.2, -0.15) is 0 Å². The van der Waals surface area contributed by atoms with Gasteiger partial charge < -0.3 is 4.74 Å². The van der Waals surface area contributed by atoms with E-state index in [-0.39, 0.29) is 20.8 Å². The van der Waals surface area contributed by atoms with Crippen molar-refractivity contribution >= 4 is 40.8 Å². The molecule has 2 aromatic rings. The van der Waals surface area contributed by atoms with Crippen LogP contribution in [0.25, 0.3) is 0 Å². The van der Waals surface area contributed by atoms with Crippen LogP contribution in [0, 0.1) is 13.8 Å². The molecule has 104 valence electrons. The predicted molar refractivity (Wildman–Crippen MR) is 80.1 cm³/mol. The summed E-state index contributed by atoms with van der Waals surface area (Å²) in [7, 11) is 0. The van der Waals surface area contributed by atoms with Crippen LogP contribution < -0.4 is 4.74 Å². The molecule has 0 fully saturated rings. The largest absolute Gasteiger partial charge is 0.421 e. The van der Waals surface area contributed by atoms with Crippen LogP contribution in [0.4, 0.5) is 0 Å². The summed E-state index contributed by atoms with van der Waals surface area (Å²) < 4.78 is 5.35. The highest BCUT2D eigenvalue weighted by Gasteiger charge is 2.20. The van der Waals surface area contributed by atoms with Gasteiger partial charge in [-0.3, -0.25) is 0 Å². The Morgan fingerprint density at radius 3 is 2.30 bits per heavy atom. The number of benzene rings is 1.